The molecule has 18 heavy (non-hydrogen) atoms. The molecule has 0 unspecified atom stereocenters. The van der Waals surface area contributed by atoms with Crippen molar-refractivity contribution in [3.8, 4) is 0 Å². The maximum atomic E-state index is 7.22. The third-order valence-electron chi connectivity index (χ3n) is 2.56. The summed E-state index contributed by atoms with van der Waals surface area (Å²) in [4.78, 5) is 1.24. The molecular weight excluding hydrogens is 238 g/mol. The minimum atomic E-state index is 0.928. The molecule has 0 saturated heterocycles. The molecule has 0 aliphatic rings. The quantitative estimate of drug-likeness (QED) is 0.616. The van der Waals surface area contributed by atoms with Crippen LogP contribution >= 0.6 is 11.8 Å². The third kappa shape index (κ3) is 3.60. The lowest BCUT2D eigenvalue weighted by molar-refractivity contribution is 1.38. The average molecular weight is 253 g/mol. The number of rotatable bonds is 4. The molecule has 0 bridgehead atoms. The summed E-state index contributed by atoms with van der Waals surface area (Å²) in [7, 11) is 0. The second kappa shape index (κ2) is 6.22. The summed E-state index contributed by atoms with van der Waals surface area (Å²) in [6, 6.07) is 16.4. The first-order chi connectivity index (χ1) is 8.78. The van der Waals surface area contributed by atoms with Crippen molar-refractivity contribution in [2.45, 2.75) is 11.8 Å². The smallest absolute Gasteiger partial charge is 0.0250 e. The molecule has 0 aliphatic heterocycles. The molecule has 2 heteroatoms. The number of hydrogen-bond donors (Lipinski definition) is 1. The van der Waals surface area contributed by atoms with Crippen LogP contribution in [0.3, 0.4) is 0 Å². The zero-order chi connectivity index (χ0) is 12.8. The van der Waals surface area contributed by atoms with Crippen molar-refractivity contribution in [3.63, 3.8) is 0 Å². The molecule has 2 aromatic carbocycles. The lowest BCUT2D eigenvalue weighted by Gasteiger charge is -1.98. The average Bonchev–Trinajstić information content (AvgIpc) is 2.41. The first-order valence-electron chi connectivity index (χ1n) is 5.78. The van der Waals surface area contributed by atoms with Gasteiger partial charge in [0.2, 0.25) is 0 Å². The second-order valence-electron chi connectivity index (χ2n) is 4.05. The highest BCUT2D eigenvalue weighted by Crippen LogP contribution is 2.20. The molecule has 0 atom stereocenters. The van der Waals surface area contributed by atoms with Crippen molar-refractivity contribution in [2.24, 2.45) is 0 Å². The van der Waals surface area contributed by atoms with Crippen molar-refractivity contribution in [2.75, 3.05) is 0 Å². The van der Waals surface area contributed by atoms with E-state index in [1.807, 2.05) is 24.3 Å². The Bertz CT molecular complexity index is 556. The standard InChI is InChI=1S/C16H15NS/c1-13-5-7-16(8-6-13)18-10-9-14-3-2-4-15(11-14)12-17/h2-12,17H,1H3/b10-9+,17-12?. The highest BCUT2D eigenvalue weighted by molar-refractivity contribution is 8.02. The van der Waals surface area contributed by atoms with E-state index in [2.05, 4.69) is 42.7 Å². The fraction of sp³-hybridized carbons (Fsp3) is 0.0625. The van der Waals surface area contributed by atoms with Crippen molar-refractivity contribution in [1.82, 2.24) is 0 Å². The zero-order valence-corrected chi connectivity index (χ0v) is 11.1. The maximum absolute atomic E-state index is 7.22. The largest absolute Gasteiger partial charge is 0.308 e. The first-order valence-corrected chi connectivity index (χ1v) is 6.66. The molecule has 0 aliphatic carbocycles. The summed E-state index contributed by atoms with van der Waals surface area (Å²) in [6.45, 7) is 2.09. The van der Waals surface area contributed by atoms with Gasteiger partial charge in [-0.3, -0.25) is 0 Å². The lowest BCUT2D eigenvalue weighted by Crippen LogP contribution is -1.79. The molecule has 2 rings (SSSR count). The van der Waals surface area contributed by atoms with E-state index < -0.39 is 0 Å². The number of thioether (sulfide) groups is 1. The Kier molecular flexibility index (Phi) is 4.37. The van der Waals surface area contributed by atoms with Gasteiger partial charge in [-0.05, 0) is 47.7 Å². The van der Waals surface area contributed by atoms with E-state index in [-0.39, 0.29) is 0 Å². The predicted octanol–water partition coefficient (Wildman–Crippen LogP) is 4.76. The van der Waals surface area contributed by atoms with Crippen LogP contribution in [0.15, 0.2) is 58.8 Å². The first kappa shape index (κ1) is 12.7. The van der Waals surface area contributed by atoms with Crippen LogP contribution in [-0.4, -0.2) is 6.21 Å². The monoisotopic (exact) mass is 253 g/mol. The normalized spacial score (nSPS) is 10.7. The Morgan fingerprint density at radius 3 is 2.44 bits per heavy atom. The van der Waals surface area contributed by atoms with Crippen LogP contribution in [0.2, 0.25) is 0 Å². The van der Waals surface area contributed by atoms with E-state index in [1.165, 1.54) is 16.7 Å². The van der Waals surface area contributed by atoms with E-state index in [1.54, 1.807) is 11.8 Å². The van der Waals surface area contributed by atoms with Gasteiger partial charge in [-0.15, -0.1) is 0 Å². The molecule has 0 saturated carbocycles. The molecular formula is C16H15NS. The van der Waals surface area contributed by atoms with Gasteiger partial charge in [0.25, 0.3) is 0 Å². The molecule has 1 nitrogen and oxygen atoms in total. The minimum absolute atomic E-state index is 0.928. The van der Waals surface area contributed by atoms with Gasteiger partial charge in [0.15, 0.2) is 0 Å². The van der Waals surface area contributed by atoms with Crippen LogP contribution in [-0.2, 0) is 0 Å². The molecule has 0 fully saturated rings. The van der Waals surface area contributed by atoms with E-state index in [4.69, 9.17) is 5.41 Å². The van der Waals surface area contributed by atoms with Crippen LogP contribution in [0, 0.1) is 12.3 Å². The van der Waals surface area contributed by atoms with E-state index in [9.17, 15) is 0 Å². The van der Waals surface area contributed by atoms with Crippen LogP contribution in [0.5, 0.6) is 0 Å². The summed E-state index contributed by atoms with van der Waals surface area (Å²) >= 11 is 1.70. The Morgan fingerprint density at radius 2 is 1.72 bits per heavy atom. The Hall–Kier alpha value is -1.80. The minimum Gasteiger partial charge on any atom is -0.308 e. The third-order valence-corrected chi connectivity index (χ3v) is 3.38. The molecule has 0 amide bonds. The molecule has 0 spiro atoms. The molecule has 0 heterocycles. The van der Waals surface area contributed by atoms with Gasteiger partial charge in [-0.25, -0.2) is 0 Å². The molecule has 2 aromatic rings. The second-order valence-corrected chi connectivity index (χ2v) is 5.03. The van der Waals surface area contributed by atoms with E-state index in [0.29, 0.717) is 0 Å². The van der Waals surface area contributed by atoms with Crippen molar-refractivity contribution >= 4 is 24.1 Å². The predicted molar refractivity (Wildman–Crippen MR) is 80.4 cm³/mol. The number of nitrogens with one attached hydrogen (secondary N) is 1. The van der Waals surface area contributed by atoms with E-state index in [0.717, 1.165) is 11.1 Å². The van der Waals surface area contributed by atoms with Gasteiger partial charge in [-0.1, -0.05) is 47.7 Å². The van der Waals surface area contributed by atoms with Crippen molar-refractivity contribution in [1.29, 1.82) is 5.41 Å². The zero-order valence-electron chi connectivity index (χ0n) is 10.3. The van der Waals surface area contributed by atoms with Crippen LogP contribution in [0.4, 0.5) is 0 Å². The summed E-state index contributed by atoms with van der Waals surface area (Å²) in [5.41, 5.74) is 3.33. The van der Waals surface area contributed by atoms with Crippen LogP contribution in [0.1, 0.15) is 16.7 Å². The maximum Gasteiger partial charge on any atom is 0.0250 e. The summed E-state index contributed by atoms with van der Waals surface area (Å²) in [5.74, 6) is 0. The van der Waals surface area contributed by atoms with Gasteiger partial charge in [-0.2, -0.15) is 0 Å². The fourth-order valence-electron chi connectivity index (χ4n) is 1.56. The lowest BCUT2D eigenvalue weighted by atomic mass is 10.1. The Morgan fingerprint density at radius 1 is 1.00 bits per heavy atom. The fourth-order valence-corrected chi connectivity index (χ4v) is 2.24. The molecule has 0 aromatic heterocycles. The van der Waals surface area contributed by atoms with Crippen LogP contribution in [0.25, 0.3) is 6.08 Å². The van der Waals surface area contributed by atoms with Crippen molar-refractivity contribution in [3.05, 3.63) is 70.6 Å². The van der Waals surface area contributed by atoms with Crippen LogP contribution < -0.4 is 0 Å². The Labute approximate surface area is 112 Å². The van der Waals surface area contributed by atoms with Gasteiger partial charge >= 0.3 is 0 Å². The number of benzene rings is 2. The van der Waals surface area contributed by atoms with Gasteiger partial charge in [0.05, 0.1) is 0 Å². The number of hydrogen-bond acceptors (Lipinski definition) is 2. The van der Waals surface area contributed by atoms with Gasteiger partial charge in [0.1, 0.15) is 0 Å². The SMILES string of the molecule is Cc1ccc(S/C=C/c2cccc(C=N)c2)cc1. The van der Waals surface area contributed by atoms with Crippen molar-refractivity contribution < 1.29 is 0 Å². The molecule has 1 N–H and O–H groups in total. The highest BCUT2D eigenvalue weighted by atomic mass is 32.2. The summed E-state index contributed by atoms with van der Waals surface area (Å²) < 4.78 is 0. The molecule has 90 valence electrons. The Balaban J connectivity index is 2.02. The summed E-state index contributed by atoms with van der Waals surface area (Å²) in [5, 5.41) is 9.29. The van der Waals surface area contributed by atoms with Gasteiger partial charge < -0.3 is 5.41 Å². The number of aryl methyl sites for hydroxylation is 1. The summed E-state index contributed by atoms with van der Waals surface area (Å²) in [6.07, 6.45) is 3.43. The molecule has 0 radical (unpaired) electrons. The highest BCUT2D eigenvalue weighted by Gasteiger charge is 1.91. The van der Waals surface area contributed by atoms with E-state index >= 15 is 0 Å². The van der Waals surface area contributed by atoms with Gasteiger partial charge in [0, 0.05) is 11.1 Å². The topological polar surface area (TPSA) is 23.9 Å².